The van der Waals surface area contributed by atoms with Crippen LogP contribution in [0.5, 0.6) is 0 Å². The van der Waals surface area contributed by atoms with Gasteiger partial charge in [-0.05, 0) is 38.5 Å². The van der Waals surface area contributed by atoms with Crippen LogP contribution in [0.4, 0.5) is 0 Å². The lowest BCUT2D eigenvalue weighted by atomic mass is 10.1. The maximum Gasteiger partial charge on any atom is 0.00417 e. The highest BCUT2D eigenvalue weighted by molar-refractivity contribution is 4.99. The molecule has 0 aromatic carbocycles. The summed E-state index contributed by atoms with van der Waals surface area (Å²) in [4.78, 5) is 2.32. The lowest BCUT2D eigenvalue weighted by molar-refractivity contribution is 0.555. The minimum atomic E-state index is 1.21. The third-order valence-electron chi connectivity index (χ3n) is 9.01. The van der Waals surface area contributed by atoms with E-state index in [1.54, 1.807) is 0 Å². The molecule has 0 atom stereocenters. The summed E-state index contributed by atoms with van der Waals surface area (Å²) >= 11 is 0. The highest BCUT2D eigenvalue weighted by atomic mass is 15.1. The Morgan fingerprint density at radius 3 is 0.651 bits per heavy atom. The second-order valence-electron chi connectivity index (χ2n) is 13.5. The van der Waals surface area contributed by atoms with Gasteiger partial charge in [0.1, 0.15) is 0 Å². The van der Waals surface area contributed by atoms with Crippen LogP contribution in [0.25, 0.3) is 0 Å². The highest BCUT2D eigenvalue weighted by Crippen LogP contribution is 2.14. The summed E-state index contributed by atoms with van der Waals surface area (Å²) in [6.07, 6.45) is 60.3. The quantitative estimate of drug-likeness (QED) is 0.0647. The molecule has 0 rings (SSSR count). The lowest BCUT2D eigenvalue weighted by Crippen LogP contribution is -1.99. The molecule has 0 saturated carbocycles. The van der Waals surface area contributed by atoms with E-state index >= 15 is 0 Å². The SMILES string of the molecule is CCCCCCCCCCCCC=CN(C=CCCCCCCCCCCCC)C=CCCCCCCCCCCCC. The van der Waals surface area contributed by atoms with Crippen molar-refractivity contribution in [2.75, 3.05) is 0 Å². The van der Waals surface area contributed by atoms with Crippen molar-refractivity contribution in [2.24, 2.45) is 0 Å². The van der Waals surface area contributed by atoms with Gasteiger partial charge in [0.25, 0.3) is 0 Å². The molecule has 0 aromatic rings. The summed E-state index contributed by atoms with van der Waals surface area (Å²) in [6.45, 7) is 6.91. The molecule has 0 amide bonds. The Morgan fingerprint density at radius 2 is 0.442 bits per heavy atom. The van der Waals surface area contributed by atoms with E-state index in [9.17, 15) is 0 Å². The van der Waals surface area contributed by atoms with Gasteiger partial charge in [-0.3, -0.25) is 0 Å². The Labute approximate surface area is 273 Å². The van der Waals surface area contributed by atoms with Crippen LogP contribution >= 0.6 is 0 Å². The molecule has 0 fully saturated rings. The minimum Gasteiger partial charge on any atom is -0.332 e. The summed E-state index contributed by atoms with van der Waals surface area (Å²) in [5.41, 5.74) is 0. The molecule has 43 heavy (non-hydrogen) atoms. The molecule has 0 saturated heterocycles. The van der Waals surface area contributed by atoms with Gasteiger partial charge in [-0.25, -0.2) is 0 Å². The van der Waals surface area contributed by atoms with Crippen molar-refractivity contribution in [1.29, 1.82) is 0 Å². The van der Waals surface area contributed by atoms with E-state index in [0.717, 1.165) is 0 Å². The van der Waals surface area contributed by atoms with E-state index in [1.165, 1.54) is 212 Å². The predicted molar refractivity (Wildman–Crippen MR) is 199 cm³/mol. The molecule has 254 valence electrons. The molecule has 1 nitrogen and oxygen atoms in total. The Balaban J connectivity index is 4.16. The third-order valence-corrected chi connectivity index (χ3v) is 9.01. The summed E-state index contributed by atoms with van der Waals surface area (Å²) < 4.78 is 0. The zero-order valence-electron chi connectivity index (χ0n) is 30.2. The predicted octanol–water partition coefficient (Wildman–Crippen LogP) is 15.8. The molecule has 0 bridgehead atoms. The zero-order valence-corrected chi connectivity index (χ0v) is 30.2. The largest absolute Gasteiger partial charge is 0.332 e. The first-order valence-electron chi connectivity index (χ1n) is 20.1. The van der Waals surface area contributed by atoms with Crippen LogP contribution in [-0.2, 0) is 0 Å². The molecular formula is C42H81N. The molecule has 0 radical (unpaired) electrons. The maximum atomic E-state index is 2.40. The minimum absolute atomic E-state index is 1.21. The number of hydrogen-bond acceptors (Lipinski definition) is 1. The number of hydrogen-bond donors (Lipinski definition) is 0. The summed E-state index contributed by atoms with van der Waals surface area (Å²) in [5, 5.41) is 0. The van der Waals surface area contributed by atoms with Crippen LogP contribution in [0.15, 0.2) is 36.8 Å². The van der Waals surface area contributed by atoms with Crippen LogP contribution in [-0.4, -0.2) is 4.90 Å². The smallest absolute Gasteiger partial charge is 0.00417 e. The standard InChI is InChI=1S/C42H81N/c1-4-7-10-13-16-19-22-25-28-31-34-37-40-43(41-38-35-32-29-26-23-20-17-14-11-8-5-2)42-39-36-33-30-27-24-21-18-15-12-9-6-3/h37-42H,4-36H2,1-3H3. The number of unbranched alkanes of at least 4 members (excludes halogenated alkanes) is 30. The molecule has 0 unspecified atom stereocenters. The molecule has 0 N–H and O–H groups in total. The summed E-state index contributed by atoms with van der Waals surface area (Å²) in [6, 6.07) is 0. The topological polar surface area (TPSA) is 3.24 Å². The summed E-state index contributed by atoms with van der Waals surface area (Å²) in [7, 11) is 0. The molecule has 0 aromatic heterocycles. The van der Waals surface area contributed by atoms with E-state index in [-0.39, 0.29) is 0 Å². The molecule has 0 aliphatic carbocycles. The van der Waals surface area contributed by atoms with Crippen LogP contribution in [0.2, 0.25) is 0 Å². The first-order valence-corrected chi connectivity index (χ1v) is 20.1. The molecule has 0 spiro atoms. The lowest BCUT2D eigenvalue weighted by Gasteiger charge is -2.10. The first-order chi connectivity index (χ1) is 21.3. The van der Waals surface area contributed by atoms with E-state index in [4.69, 9.17) is 0 Å². The molecule has 1 heteroatoms. The second-order valence-corrected chi connectivity index (χ2v) is 13.5. The van der Waals surface area contributed by atoms with Crippen molar-refractivity contribution in [3.05, 3.63) is 36.8 Å². The Kier molecular flexibility index (Phi) is 38.2. The molecular weight excluding hydrogens is 518 g/mol. The number of allylic oxidation sites excluding steroid dienone is 3. The number of nitrogens with zero attached hydrogens (tertiary/aromatic N) is 1. The fourth-order valence-electron chi connectivity index (χ4n) is 5.99. The van der Waals surface area contributed by atoms with Crippen molar-refractivity contribution < 1.29 is 0 Å². The van der Waals surface area contributed by atoms with Gasteiger partial charge in [-0.1, -0.05) is 212 Å². The average Bonchev–Trinajstić information content (AvgIpc) is 3.02. The first kappa shape index (κ1) is 42.0. The van der Waals surface area contributed by atoms with E-state index in [0.29, 0.717) is 0 Å². The van der Waals surface area contributed by atoms with Crippen LogP contribution < -0.4 is 0 Å². The van der Waals surface area contributed by atoms with Crippen molar-refractivity contribution in [3.63, 3.8) is 0 Å². The van der Waals surface area contributed by atoms with Gasteiger partial charge in [0.05, 0.1) is 0 Å². The number of rotatable bonds is 36. The third kappa shape index (κ3) is 37.1. The van der Waals surface area contributed by atoms with Gasteiger partial charge in [0, 0.05) is 18.6 Å². The van der Waals surface area contributed by atoms with E-state index in [2.05, 4.69) is 62.5 Å². The van der Waals surface area contributed by atoms with Crippen molar-refractivity contribution in [2.45, 2.75) is 233 Å². The zero-order chi connectivity index (χ0) is 31.2. The van der Waals surface area contributed by atoms with Gasteiger partial charge < -0.3 is 4.90 Å². The molecule has 0 aliphatic rings. The van der Waals surface area contributed by atoms with Crippen molar-refractivity contribution in [3.8, 4) is 0 Å². The van der Waals surface area contributed by atoms with Crippen molar-refractivity contribution >= 4 is 0 Å². The van der Waals surface area contributed by atoms with Gasteiger partial charge >= 0.3 is 0 Å². The van der Waals surface area contributed by atoms with Crippen LogP contribution in [0.3, 0.4) is 0 Å². The average molecular weight is 600 g/mol. The fraction of sp³-hybridized carbons (Fsp3) is 0.857. The monoisotopic (exact) mass is 600 g/mol. The Bertz CT molecular complexity index is 493. The van der Waals surface area contributed by atoms with Crippen molar-refractivity contribution in [1.82, 2.24) is 4.90 Å². The summed E-state index contributed by atoms with van der Waals surface area (Å²) in [5.74, 6) is 0. The van der Waals surface area contributed by atoms with Gasteiger partial charge in [0.2, 0.25) is 0 Å². The molecule has 0 heterocycles. The fourth-order valence-corrected chi connectivity index (χ4v) is 5.99. The highest BCUT2D eigenvalue weighted by Gasteiger charge is 1.96. The normalized spacial score (nSPS) is 12.1. The van der Waals surface area contributed by atoms with Crippen LogP contribution in [0, 0.1) is 0 Å². The van der Waals surface area contributed by atoms with Gasteiger partial charge in [0.15, 0.2) is 0 Å². The van der Waals surface area contributed by atoms with Gasteiger partial charge in [-0.2, -0.15) is 0 Å². The Hall–Kier alpha value is -0.980. The van der Waals surface area contributed by atoms with Gasteiger partial charge in [-0.15, -0.1) is 0 Å². The molecule has 0 aliphatic heterocycles. The van der Waals surface area contributed by atoms with Crippen LogP contribution in [0.1, 0.15) is 233 Å². The second kappa shape index (κ2) is 39.0. The maximum absolute atomic E-state index is 2.40. The Morgan fingerprint density at radius 1 is 0.256 bits per heavy atom. The van der Waals surface area contributed by atoms with E-state index in [1.807, 2.05) is 0 Å². The van der Waals surface area contributed by atoms with E-state index < -0.39 is 0 Å².